The number of aliphatic hydroxyl groups is 1. The van der Waals surface area contributed by atoms with Gasteiger partial charge in [0.15, 0.2) is 0 Å². The van der Waals surface area contributed by atoms with Crippen LogP contribution in [0.1, 0.15) is 0 Å². The van der Waals surface area contributed by atoms with Gasteiger partial charge in [0.25, 0.3) is 5.69 Å². The number of hydrogen-bond acceptors (Lipinski definition) is 6. The van der Waals surface area contributed by atoms with Crippen molar-refractivity contribution in [2.24, 2.45) is 0 Å². The molecule has 0 aliphatic carbocycles. The number of nitro groups is 1. The van der Waals surface area contributed by atoms with Gasteiger partial charge in [-0.2, -0.15) is 0 Å². The molecule has 1 fully saturated rings. The standard InChI is InChI=1S/C14H21N3O4/c1-21-11-12(18)10-15-6-8-16(9-7-15)13-4-2-3-5-14(13)17(19)20/h2-5,12,18H,6-11H2,1H3/t12-/m0/s1. The minimum atomic E-state index is -0.493. The molecule has 1 aliphatic heterocycles. The topological polar surface area (TPSA) is 79.1 Å². The van der Waals surface area contributed by atoms with Crippen molar-refractivity contribution in [2.45, 2.75) is 6.10 Å². The SMILES string of the molecule is COC[C@@H](O)CN1CCN(c2ccccc2[N+](=O)[O-])CC1. The molecule has 0 radical (unpaired) electrons. The zero-order valence-corrected chi connectivity index (χ0v) is 12.1. The quantitative estimate of drug-likeness (QED) is 0.615. The van der Waals surface area contributed by atoms with Crippen LogP contribution in [0.5, 0.6) is 0 Å². The number of para-hydroxylation sites is 2. The third-order valence-corrected chi connectivity index (χ3v) is 3.62. The van der Waals surface area contributed by atoms with Crippen molar-refractivity contribution in [3.63, 3.8) is 0 Å². The second kappa shape index (κ2) is 7.35. The van der Waals surface area contributed by atoms with Crippen molar-refractivity contribution in [1.29, 1.82) is 0 Å². The predicted octanol–water partition coefficient (Wildman–Crippen LogP) is 0.724. The summed E-state index contributed by atoms with van der Waals surface area (Å²) >= 11 is 0. The fraction of sp³-hybridized carbons (Fsp3) is 0.571. The number of methoxy groups -OCH3 is 1. The van der Waals surface area contributed by atoms with E-state index in [0.29, 0.717) is 31.9 Å². The van der Waals surface area contributed by atoms with Gasteiger partial charge in [-0.25, -0.2) is 0 Å². The van der Waals surface area contributed by atoms with Gasteiger partial charge >= 0.3 is 0 Å². The zero-order valence-electron chi connectivity index (χ0n) is 12.1. The summed E-state index contributed by atoms with van der Waals surface area (Å²) in [4.78, 5) is 14.9. The lowest BCUT2D eigenvalue weighted by molar-refractivity contribution is -0.384. The highest BCUT2D eigenvalue weighted by Gasteiger charge is 2.24. The molecule has 1 N–H and O–H groups in total. The Morgan fingerprint density at radius 3 is 2.62 bits per heavy atom. The minimum absolute atomic E-state index is 0.144. The molecule has 1 heterocycles. The van der Waals surface area contributed by atoms with Crippen LogP contribution in [-0.2, 0) is 4.74 Å². The van der Waals surface area contributed by atoms with E-state index in [-0.39, 0.29) is 10.6 Å². The molecule has 0 amide bonds. The summed E-state index contributed by atoms with van der Waals surface area (Å²) in [6, 6.07) is 6.81. The van der Waals surface area contributed by atoms with Crippen molar-refractivity contribution < 1.29 is 14.8 Å². The minimum Gasteiger partial charge on any atom is -0.389 e. The molecule has 1 atom stereocenters. The number of aliphatic hydroxyl groups excluding tert-OH is 1. The Bertz CT molecular complexity index is 475. The van der Waals surface area contributed by atoms with Crippen LogP contribution in [0.2, 0.25) is 0 Å². The smallest absolute Gasteiger partial charge is 0.292 e. The number of ether oxygens (including phenoxy) is 1. The molecule has 7 nitrogen and oxygen atoms in total. The van der Waals surface area contributed by atoms with Gasteiger partial charge in [0, 0.05) is 45.9 Å². The number of hydrogen-bond donors (Lipinski definition) is 1. The molecule has 0 spiro atoms. The molecule has 0 bridgehead atoms. The van der Waals surface area contributed by atoms with Gasteiger partial charge in [-0.3, -0.25) is 15.0 Å². The summed E-state index contributed by atoms with van der Waals surface area (Å²) in [6.45, 7) is 3.86. The Morgan fingerprint density at radius 1 is 1.33 bits per heavy atom. The van der Waals surface area contributed by atoms with Crippen LogP contribution >= 0.6 is 0 Å². The van der Waals surface area contributed by atoms with Crippen molar-refractivity contribution in [2.75, 3.05) is 51.3 Å². The monoisotopic (exact) mass is 295 g/mol. The van der Waals surface area contributed by atoms with Crippen molar-refractivity contribution in [1.82, 2.24) is 4.90 Å². The van der Waals surface area contributed by atoms with Crippen LogP contribution in [0.3, 0.4) is 0 Å². The van der Waals surface area contributed by atoms with Crippen LogP contribution in [0, 0.1) is 10.1 Å². The Labute approximate surface area is 123 Å². The van der Waals surface area contributed by atoms with E-state index in [2.05, 4.69) is 4.90 Å². The van der Waals surface area contributed by atoms with Gasteiger partial charge in [0.1, 0.15) is 5.69 Å². The van der Waals surface area contributed by atoms with Gasteiger partial charge < -0.3 is 14.7 Å². The number of anilines is 1. The maximum absolute atomic E-state index is 11.1. The molecular weight excluding hydrogens is 274 g/mol. The number of nitrogens with zero attached hydrogens (tertiary/aromatic N) is 3. The Kier molecular flexibility index (Phi) is 5.49. The largest absolute Gasteiger partial charge is 0.389 e. The van der Waals surface area contributed by atoms with Gasteiger partial charge in [-0.05, 0) is 6.07 Å². The lowest BCUT2D eigenvalue weighted by Crippen LogP contribution is -2.49. The fourth-order valence-electron chi connectivity index (χ4n) is 2.60. The normalized spacial score (nSPS) is 17.7. The molecule has 0 aromatic heterocycles. The molecule has 1 aromatic carbocycles. The molecular formula is C14H21N3O4. The molecule has 1 aliphatic rings. The van der Waals surface area contributed by atoms with E-state index >= 15 is 0 Å². The summed E-state index contributed by atoms with van der Waals surface area (Å²) in [5, 5.41) is 20.8. The lowest BCUT2D eigenvalue weighted by Gasteiger charge is -2.36. The molecule has 0 saturated carbocycles. The van der Waals surface area contributed by atoms with Crippen LogP contribution in [0.25, 0.3) is 0 Å². The second-order valence-electron chi connectivity index (χ2n) is 5.14. The molecule has 7 heteroatoms. The van der Waals surface area contributed by atoms with Gasteiger partial charge in [-0.15, -0.1) is 0 Å². The third kappa shape index (κ3) is 4.13. The maximum Gasteiger partial charge on any atom is 0.292 e. The average Bonchev–Trinajstić information content (AvgIpc) is 2.48. The zero-order chi connectivity index (χ0) is 15.2. The third-order valence-electron chi connectivity index (χ3n) is 3.62. The van der Waals surface area contributed by atoms with E-state index in [0.717, 1.165) is 13.1 Å². The lowest BCUT2D eigenvalue weighted by atomic mass is 10.2. The van der Waals surface area contributed by atoms with Gasteiger partial charge in [0.05, 0.1) is 17.6 Å². The van der Waals surface area contributed by atoms with E-state index < -0.39 is 6.10 Å². The fourth-order valence-corrected chi connectivity index (χ4v) is 2.60. The highest BCUT2D eigenvalue weighted by atomic mass is 16.6. The molecule has 2 rings (SSSR count). The number of β-amino-alcohol motifs (C(OH)–C–C–N with tert-alkyl or cyclic N) is 1. The first kappa shape index (κ1) is 15.7. The number of nitro benzene ring substituents is 1. The van der Waals surface area contributed by atoms with E-state index in [4.69, 9.17) is 4.74 Å². The van der Waals surface area contributed by atoms with Gasteiger partial charge in [-0.1, -0.05) is 12.1 Å². The molecule has 116 valence electrons. The maximum atomic E-state index is 11.1. The van der Waals surface area contributed by atoms with Crippen LogP contribution in [0.4, 0.5) is 11.4 Å². The van der Waals surface area contributed by atoms with Crippen LogP contribution in [-0.4, -0.2) is 67.5 Å². The second-order valence-corrected chi connectivity index (χ2v) is 5.14. The summed E-state index contributed by atoms with van der Waals surface area (Å²) in [7, 11) is 1.57. The highest BCUT2D eigenvalue weighted by molar-refractivity contribution is 5.63. The van der Waals surface area contributed by atoms with E-state index in [1.165, 1.54) is 6.07 Å². The Morgan fingerprint density at radius 2 is 2.00 bits per heavy atom. The van der Waals surface area contributed by atoms with Crippen LogP contribution < -0.4 is 4.90 Å². The first-order valence-corrected chi connectivity index (χ1v) is 6.99. The average molecular weight is 295 g/mol. The summed E-state index contributed by atoms with van der Waals surface area (Å²) < 4.78 is 4.92. The van der Waals surface area contributed by atoms with Crippen molar-refractivity contribution in [3.8, 4) is 0 Å². The molecule has 21 heavy (non-hydrogen) atoms. The molecule has 0 unspecified atom stereocenters. The first-order valence-electron chi connectivity index (χ1n) is 6.99. The summed E-state index contributed by atoms with van der Waals surface area (Å²) in [5.41, 5.74) is 0.810. The number of rotatable bonds is 6. The van der Waals surface area contributed by atoms with Crippen LogP contribution in [0.15, 0.2) is 24.3 Å². The van der Waals surface area contributed by atoms with Gasteiger partial charge in [0.2, 0.25) is 0 Å². The Hall–Kier alpha value is -1.70. The summed E-state index contributed by atoms with van der Waals surface area (Å²) in [6.07, 6.45) is -0.493. The van der Waals surface area contributed by atoms with E-state index in [1.54, 1.807) is 19.2 Å². The van der Waals surface area contributed by atoms with E-state index in [9.17, 15) is 15.2 Å². The van der Waals surface area contributed by atoms with Crippen molar-refractivity contribution in [3.05, 3.63) is 34.4 Å². The first-order chi connectivity index (χ1) is 10.1. The Balaban J connectivity index is 1.94. The molecule has 1 aromatic rings. The highest BCUT2D eigenvalue weighted by Crippen LogP contribution is 2.28. The van der Waals surface area contributed by atoms with Crippen molar-refractivity contribution >= 4 is 11.4 Å². The summed E-state index contributed by atoms with van der Waals surface area (Å²) in [5.74, 6) is 0. The number of piperazine rings is 1. The number of benzene rings is 1. The molecule has 1 saturated heterocycles. The predicted molar refractivity (Wildman–Crippen MR) is 79.6 cm³/mol. The van der Waals surface area contributed by atoms with E-state index in [1.807, 2.05) is 11.0 Å².